The first-order chi connectivity index (χ1) is 7.60. The van der Waals surface area contributed by atoms with Gasteiger partial charge in [0.1, 0.15) is 5.82 Å². The minimum Gasteiger partial charge on any atom is -0.366 e. The van der Waals surface area contributed by atoms with Gasteiger partial charge in [-0.25, -0.2) is 4.98 Å². The Labute approximate surface area is 100 Å². The van der Waals surface area contributed by atoms with Crippen molar-refractivity contribution in [1.29, 1.82) is 0 Å². The molecule has 0 spiro atoms. The SMILES string of the molecule is CCCN(CC)c1cc(C(N)=O)c(Cl)cn1. The third kappa shape index (κ3) is 2.85. The van der Waals surface area contributed by atoms with Crippen LogP contribution in [0.25, 0.3) is 0 Å². The van der Waals surface area contributed by atoms with Gasteiger partial charge in [0.15, 0.2) is 0 Å². The van der Waals surface area contributed by atoms with E-state index in [0.29, 0.717) is 10.6 Å². The van der Waals surface area contributed by atoms with Gasteiger partial charge in [-0.05, 0) is 19.4 Å². The standard InChI is InChI=1S/C11H16ClN3O/c1-3-5-15(4-2)10-6-8(11(13)16)9(12)7-14-10/h6-7H,3-5H2,1-2H3,(H2,13,16). The van der Waals surface area contributed by atoms with E-state index in [2.05, 4.69) is 16.8 Å². The number of hydrogen-bond acceptors (Lipinski definition) is 3. The summed E-state index contributed by atoms with van der Waals surface area (Å²) in [5.41, 5.74) is 5.55. The van der Waals surface area contributed by atoms with Crippen LogP contribution in [-0.2, 0) is 0 Å². The molecule has 16 heavy (non-hydrogen) atoms. The molecule has 0 aliphatic heterocycles. The Bertz CT molecular complexity index is 381. The van der Waals surface area contributed by atoms with Crippen molar-refractivity contribution in [1.82, 2.24) is 4.98 Å². The normalized spacial score (nSPS) is 10.2. The van der Waals surface area contributed by atoms with Crippen molar-refractivity contribution in [2.24, 2.45) is 5.73 Å². The number of pyridine rings is 1. The molecule has 0 saturated carbocycles. The topological polar surface area (TPSA) is 59.2 Å². The zero-order valence-electron chi connectivity index (χ0n) is 9.53. The number of halogens is 1. The van der Waals surface area contributed by atoms with Gasteiger partial charge in [-0.15, -0.1) is 0 Å². The first-order valence-electron chi connectivity index (χ1n) is 5.30. The highest BCUT2D eigenvalue weighted by Crippen LogP contribution is 2.20. The summed E-state index contributed by atoms with van der Waals surface area (Å²) in [6, 6.07) is 1.64. The lowest BCUT2D eigenvalue weighted by molar-refractivity contribution is 0.100. The largest absolute Gasteiger partial charge is 0.366 e. The number of hydrogen-bond donors (Lipinski definition) is 1. The molecule has 0 aliphatic rings. The summed E-state index contributed by atoms with van der Waals surface area (Å²) in [4.78, 5) is 17.4. The van der Waals surface area contributed by atoms with Crippen LogP contribution < -0.4 is 10.6 Å². The molecule has 0 radical (unpaired) electrons. The Hall–Kier alpha value is -1.29. The number of carbonyl (C=O) groups excluding carboxylic acids is 1. The average molecular weight is 242 g/mol. The van der Waals surface area contributed by atoms with Crippen molar-refractivity contribution in [3.63, 3.8) is 0 Å². The fourth-order valence-corrected chi connectivity index (χ4v) is 1.69. The van der Waals surface area contributed by atoms with Gasteiger partial charge in [-0.2, -0.15) is 0 Å². The molecule has 0 fully saturated rings. The van der Waals surface area contributed by atoms with Gasteiger partial charge in [0.2, 0.25) is 5.91 Å². The Balaban J connectivity index is 3.05. The lowest BCUT2D eigenvalue weighted by atomic mass is 10.2. The molecule has 0 aromatic carbocycles. The number of primary amides is 1. The molecule has 1 rings (SSSR count). The van der Waals surface area contributed by atoms with E-state index in [1.807, 2.05) is 6.92 Å². The molecule has 2 N–H and O–H groups in total. The minimum atomic E-state index is -0.527. The second-order valence-corrected chi connectivity index (χ2v) is 3.87. The molecule has 0 aliphatic carbocycles. The van der Waals surface area contributed by atoms with Crippen LogP contribution in [-0.4, -0.2) is 24.0 Å². The highest BCUT2D eigenvalue weighted by Gasteiger charge is 2.11. The molecule has 0 bridgehead atoms. The van der Waals surface area contributed by atoms with Gasteiger partial charge in [0.25, 0.3) is 0 Å². The van der Waals surface area contributed by atoms with Crippen LogP contribution in [0.15, 0.2) is 12.3 Å². The minimum absolute atomic E-state index is 0.295. The van der Waals surface area contributed by atoms with Crippen LogP contribution in [0.2, 0.25) is 5.02 Å². The van der Waals surface area contributed by atoms with E-state index in [4.69, 9.17) is 17.3 Å². The van der Waals surface area contributed by atoms with Crippen LogP contribution in [0.5, 0.6) is 0 Å². The van der Waals surface area contributed by atoms with Crippen LogP contribution in [0.4, 0.5) is 5.82 Å². The summed E-state index contributed by atoms with van der Waals surface area (Å²) in [7, 11) is 0. The van der Waals surface area contributed by atoms with E-state index in [1.54, 1.807) is 6.07 Å². The molecule has 1 aromatic heterocycles. The molecular weight excluding hydrogens is 226 g/mol. The van der Waals surface area contributed by atoms with E-state index in [-0.39, 0.29) is 0 Å². The molecule has 4 nitrogen and oxygen atoms in total. The lowest BCUT2D eigenvalue weighted by Crippen LogP contribution is -2.25. The van der Waals surface area contributed by atoms with E-state index < -0.39 is 5.91 Å². The summed E-state index contributed by atoms with van der Waals surface area (Å²) in [5, 5.41) is 0.295. The van der Waals surface area contributed by atoms with Gasteiger partial charge in [-0.1, -0.05) is 18.5 Å². The summed E-state index contributed by atoms with van der Waals surface area (Å²) in [6.45, 7) is 5.85. The van der Waals surface area contributed by atoms with Gasteiger partial charge in [-0.3, -0.25) is 4.79 Å². The highest BCUT2D eigenvalue weighted by molar-refractivity contribution is 6.33. The van der Waals surface area contributed by atoms with Crippen LogP contribution in [0, 0.1) is 0 Å². The number of amides is 1. The molecule has 0 unspecified atom stereocenters. The zero-order chi connectivity index (χ0) is 12.1. The van der Waals surface area contributed by atoms with Crippen molar-refractivity contribution in [3.8, 4) is 0 Å². The van der Waals surface area contributed by atoms with Crippen LogP contribution in [0.1, 0.15) is 30.6 Å². The van der Waals surface area contributed by atoms with Gasteiger partial charge in [0.05, 0.1) is 10.6 Å². The van der Waals surface area contributed by atoms with Crippen molar-refractivity contribution in [2.75, 3.05) is 18.0 Å². The molecule has 0 atom stereocenters. The summed E-state index contributed by atoms with van der Waals surface area (Å²) in [6.07, 6.45) is 2.49. The predicted octanol–water partition coefficient (Wildman–Crippen LogP) is 2.07. The number of nitrogens with two attached hydrogens (primary N) is 1. The Morgan fingerprint density at radius 3 is 2.75 bits per heavy atom. The van der Waals surface area contributed by atoms with Gasteiger partial charge in [0, 0.05) is 19.3 Å². The number of nitrogens with zero attached hydrogens (tertiary/aromatic N) is 2. The third-order valence-corrected chi connectivity index (χ3v) is 2.61. The zero-order valence-corrected chi connectivity index (χ0v) is 10.3. The van der Waals surface area contributed by atoms with Crippen molar-refractivity contribution >= 4 is 23.3 Å². The van der Waals surface area contributed by atoms with E-state index in [1.165, 1.54) is 6.20 Å². The number of anilines is 1. The van der Waals surface area contributed by atoms with E-state index in [9.17, 15) is 4.79 Å². The maximum atomic E-state index is 11.1. The quantitative estimate of drug-likeness (QED) is 0.859. The summed E-state index contributed by atoms with van der Waals surface area (Å²) >= 11 is 5.83. The fourth-order valence-electron chi connectivity index (χ4n) is 1.49. The van der Waals surface area contributed by atoms with Crippen molar-refractivity contribution in [2.45, 2.75) is 20.3 Å². The molecule has 1 heterocycles. The maximum Gasteiger partial charge on any atom is 0.250 e. The van der Waals surface area contributed by atoms with E-state index >= 15 is 0 Å². The predicted molar refractivity (Wildman–Crippen MR) is 65.9 cm³/mol. The molecule has 1 amide bonds. The number of aromatic nitrogens is 1. The maximum absolute atomic E-state index is 11.1. The Kier molecular flexibility index (Phi) is 4.55. The molecule has 0 saturated heterocycles. The second kappa shape index (κ2) is 5.70. The first kappa shape index (κ1) is 12.8. The summed E-state index contributed by atoms with van der Waals surface area (Å²) < 4.78 is 0. The molecule has 5 heteroatoms. The highest BCUT2D eigenvalue weighted by atomic mass is 35.5. The number of rotatable bonds is 5. The first-order valence-corrected chi connectivity index (χ1v) is 5.68. The Morgan fingerprint density at radius 2 is 2.25 bits per heavy atom. The number of carbonyl (C=O) groups is 1. The summed E-state index contributed by atoms with van der Waals surface area (Å²) in [5.74, 6) is 0.212. The monoisotopic (exact) mass is 241 g/mol. The van der Waals surface area contributed by atoms with Crippen molar-refractivity contribution < 1.29 is 4.79 Å². The van der Waals surface area contributed by atoms with E-state index in [0.717, 1.165) is 25.3 Å². The Morgan fingerprint density at radius 1 is 1.56 bits per heavy atom. The van der Waals surface area contributed by atoms with Crippen LogP contribution >= 0.6 is 11.6 Å². The molecular formula is C11H16ClN3O. The fraction of sp³-hybridized carbons (Fsp3) is 0.455. The van der Waals surface area contributed by atoms with Gasteiger partial charge >= 0.3 is 0 Å². The third-order valence-electron chi connectivity index (χ3n) is 2.31. The molecule has 88 valence electrons. The van der Waals surface area contributed by atoms with Crippen LogP contribution in [0.3, 0.4) is 0 Å². The second-order valence-electron chi connectivity index (χ2n) is 3.47. The van der Waals surface area contributed by atoms with Crippen molar-refractivity contribution in [3.05, 3.63) is 22.8 Å². The lowest BCUT2D eigenvalue weighted by Gasteiger charge is -2.21. The average Bonchev–Trinajstić information content (AvgIpc) is 2.26. The molecule has 1 aromatic rings. The van der Waals surface area contributed by atoms with Gasteiger partial charge < -0.3 is 10.6 Å². The smallest absolute Gasteiger partial charge is 0.250 e.